The molecule has 2 aromatic heterocycles. The normalized spacial score (nSPS) is 17.6. The van der Waals surface area contributed by atoms with Crippen molar-refractivity contribution in [3.63, 3.8) is 0 Å². The number of thiazole rings is 1. The first kappa shape index (κ1) is 21.6. The lowest BCUT2D eigenvalue weighted by Crippen LogP contribution is -2.43. The lowest BCUT2D eigenvalue weighted by atomic mass is 9.99. The highest BCUT2D eigenvalue weighted by Crippen LogP contribution is 2.29. The van der Waals surface area contributed by atoms with Crippen molar-refractivity contribution >= 4 is 32.4 Å². The van der Waals surface area contributed by atoms with Crippen LogP contribution in [-0.2, 0) is 14.8 Å². The van der Waals surface area contributed by atoms with Crippen LogP contribution in [0.1, 0.15) is 24.3 Å². The van der Waals surface area contributed by atoms with Crippen LogP contribution in [0.5, 0.6) is 0 Å². The van der Waals surface area contributed by atoms with Crippen molar-refractivity contribution in [1.29, 1.82) is 0 Å². The Kier molecular flexibility index (Phi) is 5.91. The highest BCUT2D eigenvalue weighted by Gasteiger charge is 2.36. The summed E-state index contributed by atoms with van der Waals surface area (Å²) in [5.41, 5.74) is 1.48. The summed E-state index contributed by atoms with van der Waals surface area (Å²) in [6.07, 6.45) is 1.13. The second-order valence-corrected chi connectivity index (χ2v) is 10.1. The van der Waals surface area contributed by atoms with Gasteiger partial charge in [-0.05, 0) is 38.8 Å². The number of nitrogens with one attached hydrogen (secondary N) is 1. The summed E-state index contributed by atoms with van der Waals surface area (Å²) >= 11 is 1.23. The van der Waals surface area contributed by atoms with Gasteiger partial charge in [0, 0.05) is 24.0 Å². The molecular formula is C20H21FN4O4S2. The van der Waals surface area contributed by atoms with Crippen LogP contribution in [0.25, 0.3) is 11.3 Å². The zero-order valence-corrected chi connectivity index (χ0v) is 18.6. The van der Waals surface area contributed by atoms with E-state index in [4.69, 9.17) is 4.52 Å². The monoisotopic (exact) mass is 464 g/mol. The SMILES string of the molecule is Cc1noc(C)c1S(=O)(=O)N1CCCC(C(=O)Nc2nc(-c3cccc(F)c3)cs2)C1. The van der Waals surface area contributed by atoms with Gasteiger partial charge in [0.05, 0.1) is 11.6 Å². The number of halogens is 1. The van der Waals surface area contributed by atoms with Crippen LogP contribution in [0.4, 0.5) is 9.52 Å². The summed E-state index contributed by atoms with van der Waals surface area (Å²) in [6, 6.07) is 6.06. The lowest BCUT2D eigenvalue weighted by molar-refractivity contribution is -0.120. The molecule has 1 aromatic carbocycles. The Morgan fingerprint density at radius 2 is 2.16 bits per heavy atom. The maximum atomic E-state index is 13.4. The Balaban J connectivity index is 1.46. The first-order chi connectivity index (χ1) is 14.8. The molecule has 1 aliphatic heterocycles. The van der Waals surface area contributed by atoms with Gasteiger partial charge in [-0.15, -0.1) is 11.3 Å². The van der Waals surface area contributed by atoms with Crippen molar-refractivity contribution < 1.29 is 22.1 Å². The summed E-state index contributed by atoms with van der Waals surface area (Å²) in [7, 11) is -3.81. The van der Waals surface area contributed by atoms with Gasteiger partial charge in [0.1, 0.15) is 16.4 Å². The van der Waals surface area contributed by atoms with E-state index in [9.17, 15) is 17.6 Å². The van der Waals surface area contributed by atoms with E-state index < -0.39 is 15.9 Å². The average molecular weight is 465 g/mol. The molecule has 11 heteroatoms. The fourth-order valence-electron chi connectivity index (χ4n) is 3.67. The van der Waals surface area contributed by atoms with Crippen molar-refractivity contribution in [2.24, 2.45) is 5.92 Å². The number of aromatic nitrogens is 2. The maximum absolute atomic E-state index is 13.4. The molecule has 0 aliphatic carbocycles. The number of carbonyl (C=O) groups excluding carboxylic acids is 1. The summed E-state index contributed by atoms with van der Waals surface area (Å²) in [5.74, 6) is -0.932. The second-order valence-electron chi connectivity index (χ2n) is 7.39. The smallest absolute Gasteiger partial charge is 0.248 e. The topological polar surface area (TPSA) is 105 Å². The molecule has 1 amide bonds. The summed E-state index contributed by atoms with van der Waals surface area (Å²) in [5, 5.41) is 8.62. The summed E-state index contributed by atoms with van der Waals surface area (Å²) < 4.78 is 45.9. The Hall–Kier alpha value is -2.63. The molecule has 1 fully saturated rings. The molecule has 1 N–H and O–H groups in total. The van der Waals surface area contributed by atoms with E-state index in [1.807, 2.05) is 0 Å². The van der Waals surface area contributed by atoms with E-state index >= 15 is 0 Å². The first-order valence-corrected chi connectivity index (χ1v) is 12.0. The van der Waals surface area contributed by atoms with Gasteiger partial charge in [-0.3, -0.25) is 4.79 Å². The minimum atomic E-state index is -3.81. The van der Waals surface area contributed by atoms with E-state index in [1.165, 1.54) is 27.8 Å². The van der Waals surface area contributed by atoms with Crippen molar-refractivity contribution in [2.75, 3.05) is 18.4 Å². The third-order valence-electron chi connectivity index (χ3n) is 5.18. The highest BCUT2D eigenvalue weighted by atomic mass is 32.2. The van der Waals surface area contributed by atoms with Gasteiger partial charge in [-0.25, -0.2) is 17.8 Å². The molecule has 1 aliphatic rings. The van der Waals surface area contributed by atoms with Crippen molar-refractivity contribution in [3.05, 3.63) is 46.9 Å². The van der Waals surface area contributed by atoms with Gasteiger partial charge < -0.3 is 9.84 Å². The minimum Gasteiger partial charge on any atom is -0.360 e. The Labute approximate surface area is 183 Å². The molecule has 1 unspecified atom stereocenters. The van der Waals surface area contributed by atoms with Crippen LogP contribution < -0.4 is 5.32 Å². The molecule has 4 rings (SSSR count). The zero-order chi connectivity index (χ0) is 22.2. The predicted octanol–water partition coefficient (Wildman–Crippen LogP) is 3.59. The molecule has 164 valence electrons. The summed E-state index contributed by atoms with van der Waals surface area (Å²) in [6.45, 7) is 3.54. The van der Waals surface area contributed by atoms with Gasteiger partial charge >= 0.3 is 0 Å². The molecule has 1 saturated heterocycles. The standard InChI is InChI=1S/C20H21FN4O4S2/c1-12-18(13(2)29-24-12)31(27,28)25-8-4-6-15(10-25)19(26)23-20-22-17(11-30-20)14-5-3-7-16(21)9-14/h3,5,7,9,11,15H,4,6,8,10H2,1-2H3,(H,22,23,26). The Bertz CT molecular complexity index is 1200. The number of hydrogen-bond acceptors (Lipinski definition) is 7. The lowest BCUT2D eigenvalue weighted by Gasteiger charge is -2.30. The number of sulfonamides is 1. The highest BCUT2D eigenvalue weighted by molar-refractivity contribution is 7.89. The maximum Gasteiger partial charge on any atom is 0.248 e. The average Bonchev–Trinajstić information content (AvgIpc) is 3.34. The van der Waals surface area contributed by atoms with Crippen molar-refractivity contribution in [3.8, 4) is 11.3 Å². The number of piperidine rings is 1. The minimum absolute atomic E-state index is 0.0632. The Morgan fingerprint density at radius 3 is 2.87 bits per heavy atom. The van der Waals surface area contributed by atoms with Gasteiger partial charge in [0.15, 0.2) is 10.9 Å². The van der Waals surface area contributed by atoms with Crippen LogP contribution in [0, 0.1) is 25.6 Å². The second kappa shape index (κ2) is 8.48. The van der Waals surface area contributed by atoms with Crippen LogP contribution in [0.2, 0.25) is 0 Å². The van der Waals surface area contributed by atoms with Gasteiger partial charge in [-0.1, -0.05) is 17.3 Å². The number of rotatable bonds is 5. The number of benzene rings is 1. The fourth-order valence-corrected chi connectivity index (χ4v) is 6.20. The van der Waals surface area contributed by atoms with E-state index in [0.717, 1.165) is 0 Å². The van der Waals surface area contributed by atoms with Crippen LogP contribution in [-0.4, -0.2) is 41.9 Å². The number of amides is 1. The molecule has 3 heterocycles. The van der Waals surface area contributed by atoms with E-state index in [0.29, 0.717) is 41.5 Å². The number of hydrogen-bond donors (Lipinski definition) is 1. The molecule has 0 bridgehead atoms. The summed E-state index contributed by atoms with van der Waals surface area (Å²) in [4.78, 5) is 17.2. The van der Waals surface area contributed by atoms with E-state index in [2.05, 4.69) is 15.5 Å². The zero-order valence-electron chi connectivity index (χ0n) is 17.0. The molecule has 1 atom stereocenters. The molecule has 0 spiro atoms. The number of aryl methyl sites for hydroxylation is 2. The molecule has 0 saturated carbocycles. The molecular weight excluding hydrogens is 443 g/mol. The number of carbonyl (C=O) groups is 1. The fraction of sp³-hybridized carbons (Fsp3) is 0.350. The first-order valence-electron chi connectivity index (χ1n) is 9.71. The quantitative estimate of drug-likeness (QED) is 0.619. The molecule has 0 radical (unpaired) electrons. The van der Waals surface area contributed by atoms with Gasteiger partial charge in [-0.2, -0.15) is 4.31 Å². The molecule has 31 heavy (non-hydrogen) atoms. The third kappa shape index (κ3) is 4.39. The van der Waals surface area contributed by atoms with Crippen LogP contribution in [0.3, 0.4) is 0 Å². The van der Waals surface area contributed by atoms with Crippen LogP contribution >= 0.6 is 11.3 Å². The van der Waals surface area contributed by atoms with Crippen LogP contribution in [0.15, 0.2) is 39.1 Å². The third-order valence-corrected chi connectivity index (χ3v) is 8.04. The molecule has 3 aromatic rings. The van der Waals surface area contributed by atoms with E-state index in [-0.39, 0.29) is 28.9 Å². The Morgan fingerprint density at radius 1 is 1.35 bits per heavy atom. The largest absolute Gasteiger partial charge is 0.360 e. The number of anilines is 1. The van der Waals surface area contributed by atoms with Gasteiger partial charge in [0.2, 0.25) is 15.9 Å². The van der Waals surface area contributed by atoms with Crippen molar-refractivity contribution in [2.45, 2.75) is 31.6 Å². The van der Waals surface area contributed by atoms with E-state index in [1.54, 1.807) is 31.4 Å². The van der Waals surface area contributed by atoms with Crippen molar-refractivity contribution in [1.82, 2.24) is 14.4 Å². The van der Waals surface area contributed by atoms with Gasteiger partial charge in [0.25, 0.3) is 0 Å². The number of nitrogens with zero attached hydrogens (tertiary/aromatic N) is 3. The predicted molar refractivity (Wildman–Crippen MR) is 114 cm³/mol. The molecule has 8 nitrogen and oxygen atoms in total.